The van der Waals surface area contributed by atoms with Crippen LogP contribution in [0.1, 0.15) is 47.5 Å². The quantitative estimate of drug-likeness (QED) is 0.246. The number of rotatable bonds is 7. The predicted molar refractivity (Wildman–Crippen MR) is 186 cm³/mol. The van der Waals surface area contributed by atoms with Crippen molar-refractivity contribution in [2.75, 3.05) is 13.2 Å². The van der Waals surface area contributed by atoms with Crippen molar-refractivity contribution in [3.05, 3.63) is 116 Å². The molecule has 3 heterocycles. The fourth-order valence-corrected chi connectivity index (χ4v) is 9.46. The summed E-state index contributed by atoms with van der Waals surface area (Å²) in [6.45, 7) is 14.1. The van der Waals surface area contributed by atoms with Gasteiger partial charge in [-0.25, -0.2) is 0 Å². The molecule has 7 nitrogen and oxygen atoms in total. The van der Waals surface area contributed by atoms with Crippen molar-refractivity contribution in [3.8, 4) is 0 Å². The van der Waals surface area contributed by atoms with Crippen LogP contribution in [0.25, 0.3) is 0 Å². The molecule has 248 valence electrons. The minimum atomic E-state index is -1.77. The van der Waals surface area contributed by atoms with Crippen molar-refractivity contribution in [3.63, 3.8) is 0 Å². The van der Waals surface area contributed by atoms with Crippen LogP contribution in [0.5, 0.6) is 0 Å². The van der Waals surface area contributed by atoms with Gasteiger partial charge in [0.15, 0.2) is 17.9 Å². The van der Waals surface area contributed by atoms with E-state index in [9.17, 15) is 0 Å². The van der Waals surface area contributed by atoms with Gasteiger partial charge in [-0.2, -0.15) is 0 Å². The van der Waals surface area contributed by atoms with Crippen LogP contribution in [0.4, 0.5) is 0 Å². The van der Waals surface area contributed by atoms with Gasteiger partial charge in [-0.05, 0) is 77.4 Å². The number of ether oxygens (including phenoxy) is 5. The van der Waals surface area contributed by atoms with Crippen molar-refractivity contribution in [2.24, 2.45) is 0 Å². The molecule has 3 saturated heterocycles. The Morgan fingerprint density at radius 1 is 0.739 bits per heavy atom. The van der Waals surface area contributed by atoms with E-state index in [4.69, 9.17) is 33.9 Å². The van der Waals surface area contributed by atoms with Gasteiger partial charge < -0.3 is 33.9 Å². The number of hydrogen-bond acceptors (Lipinski definition) is 7. The molecule has 0 aromatic heterocycles. The molecule has 3 aliphatic rings. The summed E-state index contributed by atoms with van der Waals surface area (Å²) < 4.78 is 27.3. The van der Waals surface area contributed by atoms with Gasteiger partial charge in [0.05, 0.1) is 31.2 Å². The first-order valence-corrected chi connectivity index (χ1v) is 17.8. The van der Waals surface area contributed by atoms with Crippen molar-refractivity contribution in [2.45, 2.75) is 89.7 Å². The standard InChI is InChI=1S/C20H18P.C10H18O3.C8H14O4/c1-2-21(18-12-6-3-7-13-18,19-14-8-4-9-15-19)20-16-10-5-11-17-20;1-4-5-6-8-9(7-11)13-10(2,3)12-8;1-8(2)11-5-3-7(9)10-4-6(5)12-8/h2-17H,1H2;4-5,8-9,11H,6-7H2,1-3H3;5-7,9H,3-4H2,1-2H3/q+1;;/b;5-4+;/t;8-,9+;5-,6+,7?/m.00/s1. The zero-order valence-electron chi connectivity index (χ0n) is 27.7. The number of aliphatic hydroxyl groups is 2. The van der Waals surface area contributed by atoms with E-state index in [1.54, 1.807) is 0 Å². The topological polar surface area (TPSA) is 86.6 Å². The van der Waals surface area contributed by atoms with Gasteiger partial charge in [0, 0.05) is 6.42 Å². The van der Waals surface area contributed by atoms with Crippen molar-refractivity contribution < 1.29 is 33.9 Å². The second kappa shape index (κ2) is 16.4. The average Bonchev–Trinajstić information content (AvgIpc) is 3.54. The summed E-state index contributed by atoms with van der Waals surface area (Å²) in [4.78, 5) is 0. The van der Waals surface area contributed by atoms with Crippen molar-refractivity contribution in [1.82, 2.24) is 0 Å². The monoisotopic (exact) mass is 649 g/mol. The van der Waals surface area contributed by atoms with Gasteiger partial charge in [-0.3, -0.25) is 0 Å². The maximum absolute atomic E-state index is 9.17. The summed E-state index contributed by atoms with van der Waals surface area (Å²) in [7, 11) is -1.77. The molecule has 0 bridgehead atoms. The average molecular weight is 650 g/mol. The molecule has 0 saturated carbocycles. The molecule has 0 spiro atoms. The number of aliphatic hydroxyl groups excluding tert-OH is 2. The van der Waals surface area contributed by atoms with Crippen LogP contribution in [-0.4, -0.2) is 65.7 Å². The van der Waals surface area contributed by atoms with Crippen LogP contribution >= 0.6 is 7.26 Å². The van der Waals surface area contributed by atoms with E-state index in [1.807, 2.05) is 46.8 Å². The van der Waals surface area contributed by atoms with Crippen molar-refractivity contribution >= 4 is 23.2 Å². The zero-order valence-corrected chi connectivity index (χ0v) is 28.6. The first kappa shape index (κ1) is 36.1. The fourth-order valence-electron chi connectivity index (χ4n) is 6.01. The third kappa shape index (κ3) is 9.21. The molecule has 3 aromatic rings. The molecule has 5 atom stereocenters. The lowest BCUT2D eigenvalue weighted by molar-refractivity contribution is -0.167. The maximum Gasteiger partial charge on any atom is 0.163 e. The summed E-state index contributed by atoms with van der Waals surface area (Å²) in [5, 5.41) is 22.2. The van der Waals surface area contributed by atoms with Gasteiger partial charge in [0.2, 0.25) is 0 Å². The summed E-state index contributed by atoms with van der Waals surface area (Å²) in [5.74, 6) is 1.08. The van der Waals surface area contributed by atoms with E-state index < -0.39 is 25.1 Å². The molecule has 0 radical (unpaired) electrons. The lowest BCUT2D eigenvalue weighted by Gasteiger charge is -2.26. The maximum atomic E-state index is 9.17. The van der Waals surface area contributed by atoms with E-state index in [1.165, 1.54) is 15.9 Å². The molecule has 3 aromatic carbocycles. The normalized spacial score (nSPS) is 26.3. The Hall–Kier alpha value is -2.71. The first-order chi connectivity index (χ1) is 22.0. The number of allylic oxidation sites excluding steroid dienone is 1. The second-order valence-corrected chi connectivity index (χ2v) is 15.7. The van der Waals surface area contributed by atoms with E-state index in [0.717, 1.165) is 6.42 Å². The lowest BCUT2D eigenvalue weighted by atomic mass is 10.1. The van der Waals surface area contributed by atoms with E-state index >= 15 is 0 Å². The number of fused-ring (bicyclic) bond motifs is 1. The van der Waals surface area contributed by atoms with Crippen LogP contribution in [0.3, 0.4) is 0 Å². The Labute approximate surface area is 275 Å². The Kier molecular flexibility index (Phi) is 12.9. The van der Waals surface area contributed by atoms with Crippen LogP contribution < -0.4 is 15.9 Å². The van der Waals surface area contributed by atoms with Gasteiger partial charge >= 0.3 is 0 Å². The largest absolute Gasteiger partial charge is 0.394 e. The highest BCUT2D eigenvalue weighted by molar-refractivity contribution is 7.98. The Balaban J connectivity index is 0.000000166. The molecule has 1 unspecified atom stereocenters. The third-order valence-electron chi connectivity index (χ3n) is 8.01. The Bertz CT molecular complexity index is 1270. The van der Waals surface area contributed by atoms with E-state index in [-0.39, 0.29) is 31.0 Å². The predicted octanol–water partition coefficient (Wildman–Crippen LogP) is 5.83. The van der Waals surface area contributed by atoms with Gasteiger partial charge in [0.1, 0.15) is 35.4 Å². The molecular formula is C38H50O7P+. The first-order valence-electron chi connectivity index (χ1n) is 16.0. The Morgan fingerprint density at radius 3 is 1.65 bits per heavy atom. The van der Waals surface area contributed by atoms with Gasteiger partial charge in [-0.1, -0.05) is 73.3 Å². The van der Waals surface area contributed by atoms with Crippen LogP contribution in [0.2, 0.25) is 0 Å². The SMILES string of the molecule is C/C=C/C[C@@H]1OC(C)(C)O[C@@H]1CO.C=C[P+](c1ccccc1)(c1ccccc1)c1ccccc1.CC1(C)O[C@H]2CC(O)OC[C@H]2O1. The highest BCUT2D eigenvalue weighted by Crippen LogP contribution is 2.56. The smallest absolute Gasteiger partial charge is 0.163 e. The van der Waals surface area contributed by atoms with Crippen LogP contribution in [0.15, 0.2) is 116 Å². The van der Waals surface area contributed by atoms with Gasteiger partial charge in [0.25, 0.3) is 0 Å². The van der Waals surface area contributed by atoms with E-state index in [0.29, 0.717) is 13.0 Å². The minimum absolute atomic E-state index is 0.0104. The number of hydrogen-bond donors (Lipinski definition) is 2. The highest BCUT2D eigenvalue weighted by Gasteiger charge is 2.45. The third-order valence-corrected chi connectivity index (χ3v) is 11.9. The molecular weight excluding hydrogens is 599 g/mol. The summed E-state index contributed by atoms with van der Waals surface area (Å²) in [6.07, 6.45) is 4.39. The molecule has 3 fully saturated rings. The molecule has 3 aliphatic heterocycles. The molecule has 46 heavy (non-hydrogen) atoms. The van der Waals surface area contributed by atoms with Crippen LogP contribution in [-0.2, 0) is 23.7 Å². The van der Waals surface area contributed by atoms with Crippen LogP contribution in [0, 0.1) is 0 Å². The molecule has 0 aliphatic carbocycles. The number of benzene rings is 3. The molecule has 0 amide bonds. The second-order valence-electron chi connectivity index (χ2n) is 12.3. The Morgan fingerprint density at radius 2 is 1.20 bits per heavy atom. The fraction of sp³-hybridized carbons (Fsp3) is 0.421. The molecule has 2 N–H and O–H groups in total. The molecule has 6 rings (SSSR count). The molecule has 8 heteroatoms. The van der Waals surface area contributed by atoms with Crippen molar-refractivity contribution in [1.29, 1.82) is 0 Å². The zero-order chi connectivity index (χ0) is 33.2. The summed E-state index contributed by atoms with van der Waals surface area (Å²) in [5.41, 5.74) is 0. The van der Waals surface area contributed by atoms with E-state index in [2.05, 4.69) is 103 Å². The summed E-state index contributed by atoms with van der Waals surface area (Å²) >= 11 is 0. The minimum Gasteiger partial charge on any atom is -0.394 e. The summed E-state index contributed by atoms with van der Waals surface area (Å²) in [6, 6.07) is 32.2. The lowest BCUT2D eigenvalue weighted by Crippen LogP contribution is -2.39. The van der Waals surface area contributed by atoms with Gasteiger partial charge in [-0.15, -0.1) is 0 Å². The highest BCUT2D eigenvalue weighted by atomic mass is 31.2.